The third kappa shape index (κ3) is 5.94. The van der Waals surface area contributed by atoms with Crippen molar-refractivity contribution in [2.45, 2.75) is 37.0 Å². The van der Waals surface area contributed by atoms with Gasteiger partial charge in [0.2, 0.25) is 15.9 Å². The van der Waals surface area contributed by atoms with Gasteiger partial charge in [0.25, 0.3) is 11.8 Å². The maximum atomic E-state index is 13.2. The Morgan fingerprint density at radius 3 is 2.03 bits per heavy atom. The fourth-order valence-electron chi connectivity index (χ4n) is 5.22. The van der Waals surface area contributed by atoms with Crippen LogP contribution in [0, 0.1) is 5.92 Å². The van der Waals surface area contributed by atoms with Gasteiger partial charge in [0.05, 0.1) is 16.0 Å². The summed E-state index contributed by atoms with van der Waals surface area (Å²) in [5.41, 5.74) is 2.54. The first kappa shape index (κ1) is 26.8. The van der Waals surface area contributed by atoms with Crippen molar-refractivity contribution in [1.82, 2.24) is 9.21 Å². The summed E-state index contributed by atoms with van der Waals surface area (Å²) in [5.74, 6) is -0.488. The highest BCUT2D eigenvalue weighted by molar-refractivity contribution is 7.89. The number of piperidine rings is 1. The van der Waals surface area contributed by atoms with E-state index < -0.39 is 10.0 Å². The lowest BCUT2D eigenvalue weighted by atomic mass is 9.91. The van der Waals surface area contributed by atoms with Crippen molar-refractivity contribution < 1.29 is 22.8 Å². The van der Waals surface area contributed by atoms with Gasteiger partial charge in [0.15, 0.2) is 0 Å². The molecule has 9 heteroatoms. The summed E-state index contributed by atoms with van der Waals surface area (Å²) >= 11 is 0. The number of carbonyl (C=O) groups excluding carboxylic acids is 3. The van der Waals surface area contributed by atoms with Gasteiger partial charge in [-0.25, -0.2) is 8.42 Å². The molecule has 3 aromatic rings. The topological polar surface area (TPSA) is 104 Å². The second-order valence-electron chi connectivity index (χ2n) is 10.0. The van der Waals surface area contributed by atoms with E-state index in [0.717, 1.165) is 19.3 Å². The van der Waals surface area contributed by atoms with E-state index in [9.17, 15) is 22.8 Å². The van der Waals surface area contributed by atoms with Crippen LogP contribution < -0.4 is 5.32 Å². The molecule has 0 aliphatic carbocycles. The molecular formula is C30H31N3O5S. The number of anilines is 1. The quantitative estimate of drug-likeness (QED) is 0.403. The van der Waals surface area contributed by atoms with E-state index in [-0.39, 0.29) is 35.6 Å². The second-order valence-corrected chi connectivity index (χ2v) is 12.0. The number of rotatable bonds is 9. The number of imide groups is 1. The Balaban J connectivity index is 1.09. The van der Waals surface area contributed by atoms with Gasteiger partial charge in [-0.15, -0.1) is 0 Å². The Bertz CT molecular complexity index is 1430. The lowest BCUT2D eigenvalue weighted by Crippen LogP contribution is -2.38. The molecule has 0 unspecified atom stereocenters. The van der Waals surface area contributed by atoms with E-state index in [1.54, 1.807) is 40.7 Å². The SMILES string of the molecule is O=C(CCCN1C(=O)c2ccccc2C1=O)Nc1ccc(S(=O)(=O)N2CCC(Cc3ccccc3)CC2)cc1. The van der Waals surface area contributed by atoms with E-state index in [0.29, 0.717) is 42.2 Å². The maximum Gasteiger partial charge on any atom is 0.261 e. The van der Waals surface area contributed by atoms with Crippen LogP contribution in [-0.2, 0) is 21.2 Å². The third-order valence-corrected chi connectivity index (χ3v) is 9.29. The molecule has 2 aliphatic heterocycles. The number of nitrogens with zero attached hydrogens (tertiary/aromatic N) is 2. The molecule has 3 amide bonds. The van der Waals surface area contributed by atoms with Gasteiger partial charge < -0.3 is 5.32 Å². The summed E-state index contributed by atoms with van der Waals surface area (Å²) in [6, 6.07) is 23.1. The number of fused-ring (bicyclic) bond motifs is 1. The standard InChI is InChI=1S/C30H31N3O5S/c34-28(11-6-18-33-29(35)26-9-4-5-10-27(26)30(33)36)31-24-12-14-25(15-13-24)39(37,38)32-19-16-23(17-20-32)21-22-7-2-1-3-8-22/h1-5,7-10,12-15,23H,6,11,16-21H2,(H,31,34). The molecule has 2 aliphatic rings. The normalized spacial score (nSPS) is 16.4. The molecule has 1 saturated heterocycles. The zero-order valence-electron chi connectivity index (χ0n) is 21.6. The number of sulfonamides is 1. The molecule has 5 rings (SSSR count). The van der Waals surface area contributed by atoms with Gasteiger partial charge in [0, 0.05) is 31.7 Å². The molecule has 0 bridgehead atoms. The molecule has 3 aromatic carbocycles. The highest BCUT2D eigenvalue weighted by atomic mass is 32.2. The number of benzene rings is 3. The van der Waals surface area contributed by atoms with Crippen LogP contribution in [0.15, 0.2) is 83.8 Å². The first-order valence-corrected chi connectivity index (χ1v) is 14.7. The van der Waals surface area contributed by atoms with Crippen LogP contribution in [0.1, 0.15) is 52.0 Å². The Labute approximate surface area is 228 Å². The summed E-state index contributed by atoms with van der Waals surface area (Å²) in [7, 11) is -3.61. The predicted molar refractivity (Wildman–Crippen MR) is 148 cm³/mol. The van der Waals surface area contributed by atoms with Crippen LogP contribution in [0.3, 0.4) is 0 Å². The largest absolute Gasteiger partial charge is 0.326 e. The fraction of sp³-hybridized carbons (Fsp3) is 0.300. The Morgan fingerprint density at radius 2 is 1.41 bits per heavy atom. The minimum atomic E-state index is -3.61. The van der Waals surface area contributed by atoms with Crippen molar-refractivity contribution in [1.29, 1.82) is 0 Å². The summed E-state index contributed by atoms with van der Waals surface area (Å²) in [6.45, 7) is 1.13. The van der Waals surface area contributed by atoms with Crippen molar-refractivity contribution in [3.8, 4) is 0 Å². The Hall–Kier alpha value is -3.82. The molecule has 1 N–H and O–H groups in total. The molecule has 202 valence electrons. The van der Waals surface area contributed by atoms with Gasteiger partial charge in [-0.1, -0.05) is 42.5 Å². The smallest absolute Gasteiger partial charge is 0.261 e. The van der Waals surface area contributed by atoms with Crippen molar-refractivity contribution in [3.05, 3.63) is 95.6 Å². The minimum Gasteiger partial charge on any atom is -0.326 e. The zero-order valence-corrected chi connectivity index (χ0v) is 22.4. The lowest BCUT2D eigenvalue weighted by Gasteiger charge is -2.31. The number of nitrogens with one attached hydrogen (secondary N) is 1. The maximum absolute atomic E-state index is 13.2. The number of carbonyl (C=O) groups is 3. The van der Waals surface area contributed by atoms with Crippen LogP contribution in [-0.4, -0.2) is 55.0 Å². The average molecular weight is 546 g/mol. The molecule has 39 heavy (non-hydrogen) atoms. The zero-order chi connectivity index (χ0) is 27.4. The summed E-state index contributed by atoms with van der Waals surface area (Å²) in [5, 5.41) is 2.76. The molecule has 0 spiro atoms. The van der Waals surface area contributed by atoms with Crippen LogP contribution >= 0.6 is 0 Å². The lowest BCUT2D eigenvalue weighted by molar-refractivity contribution is -0.116. The summed E-state index contributed by atoms with van der Waals surface area (Å²) < 4.78 is 27.9. The molecule has 0 aromatic heterocycles. The van der Waals surface area contributed by atoms with Crippen LogP contribution in [0.5, 0.6) is 0 Å². The van der Waals surface area contributed by atoms with Gasteiger partial charge in [-0.2, -0.15) is 4.31 Å². The Morgan fingerprint density at radius 1 is 0.821 bits per heavy atom. The fourth-order valence-corrected chi connectivity index (χ4v) is 6.69. The highest BCUT2D eigenvalue weighted by Crippen LogP contribution is 2.27. The molecule has 0 radical (unpaired) electrons. The highest BCUT2D eigenvalue weighted by Gasteiger charge is 2.34. The van der Waals surface area contributed by atoms with E-state index in [1.807, 2.05) is 18.2 Å². The molecular weight excluding hydrogens is 514 g/mol. The van der Waals surface area contributed by atoms with Crippen LogP contribution in [0.2, 0.25) is 0 Å². The second kappa shape index (κ2) is 11.5. The van der Waals surface area contributed by atoms with Crippen molar-refractivity contribution >= 4 is 33.4 Å². The predicted octanol–water partition coefficient (Wildman–Crippen LogP) is 4.34. The van der Waals surface area contributed by atoms with Gasteiger partial charge in [-0.3, -0.25) is 19.3 Å². The molecule has 8 nitrogen and oxygen atoms in total. The molecule has 2 heterocycles. The van der Waals surface area contributed by atoms with Crippen molar-refractivity contribution in [3.63, 3.8) is 0 Å². The van der Waals surface area contributed by atoms with Crippen molar-refractivity contribution in [2.75, 3.05) is 25.0 Å². The first-order valence-electron chi connectivity index (χ1n) is 13.2. The van der Waals surface area contributed by atoms with E-state index >= 15 is 0 Å². The molecule has 0 saturated carbocycles. The monoisotopic (exact) mass is 545 g/mol. The summed E-state index contributed by atoms with van der Waals surface area (Å²) in [6.07, 6.45) is 3.04. The summed E-state index contributed by atoms with van der Waals surface area (Å²) in [4.78, 5) is 38.7. The van der Waals surface area contributed by atoms with Crippen molar-refractivity contribution in [2.24, 2.45) is 5.92 Å². The number of hydrogen-bond donors (Lipinski definition) is 1. The van der Waals surface area contributed by atoms with Gasteiger partial charge in [-0.05, 0) is 73.6 Å². The first-order chi connectivity index (χ1) is 18.8. The van der Waals surface area contributed by atoms with Gasteiger partial charge in [0.1, 0.15) is 0 Å². The van der Waals surface area contributed by atoms with Crippen LogP contribution in [0.4, 0.5) is 5.69 Å². The van der Waals surface area contributed by atoms with E-state index in [1.165, 1.54) is 22.6 Å². The molecule has 0 atom stereocenters. The van der Waals surface area contributed by atoms with E-state index in [2.05, 4.69) is 17.4 Å². The van der Waals surface area contributed by atoms with Crippen LogP contribution in [0.25, 0.3) is 0 Å². The number of hydrogen-bond acceptors (Lipinski definition) is 5. The van der Waals surface area contributed by atoms with Gasteiger partial charge >= 0.3 is 0 Å². The molecule has 1 fully saturated rings. The Kier molecular flexibility index (Phi) is 7.90. The van der Waals surface area contributed by atoms with E-state index in [4.69, 9.17) is 0 Å². The third-order valence-electron chi connectivity index (χ3n) is 7.38. The number of amides is 3. The average Bonchev–Trinajstić information content (AvgIpc) is 3.19. The minimum absolute atomic E-state index is 0.116.